The van der Waals surface area contributed by atoms with Crippen LogP contribution in [0.1, 0.15) is 32.6 Å². The molecule has 1 aromatic heterocycles. The molecule has 26 heavy (non-hydrogen) atoms. The van der Waals surface area contributed by atoms with Crippen molar-refractivity contribution in [2.45, 2.75) is 32.6 Å². The first-order chi connectivity index (χ1) is 12.2. The first kappa shape index (κ1) is 19.6. The molecule has 0 amide bonds. The van der Waals surface area contributed by atoms with Crippen molar-refractivity contribution in [1.29, 1.82) is 0 Å². The van der Waals surface area contributed by atoms with E-state index in [1.165, 1.54) is 16.3 Å². The van der Waals surface area contributed by atoms with Gasteiger partial charge in [0, 0.05) is 31.4 Å². The van der Waals surface area contributed by atoms with E-state index in [1.807, 2.05) is 7.05 Å². The number of aliphatic imine (C=N–C) groups is 1. The standard InChI is InChI=1S/C20H26N4S.HI/c1-12-13(2)25-18(24-12)8-9-22-20(21-3)23-11-17-16-10-14-6-4-5-7-15(14)19(16)17;/h4-7,16-17,19H,8-11H2,1-3H3,(H2,21,22,23);1H. The highest BCUT2D eigenvalue weighted by Gasteiger charge is 2.54. The minimum Gasteiger partial charge on any atom is -0.356 e. The lowest BCUT2D eigenvalue weighted by atomic mass is 10.0. The van der Waals surface area contributed by atoms with E-state index < -0.39 is 0 Å². The monoisotopic (exact) mass is 482 g/mol. The molecule has 2 aromatic rings. The third-order valence-electron chi connectivity index (χ3n) is 5.63. The molecular weight excluding hydrogens is 455 g/mol. The summed E-state index contributed by atoms with van der Waals surface area (Å²) in [5.74, 6) is 3.27. The van der Waals surface area contributed by atoms with Gasteiger partial charge in [0.05, 0.1) is 10.7 Å². The lowest BCUT2D eigenvalue weighted by Crippen LogP contribution is -2.39. The zero-order valence-corrected chi connectivity index (χ0v) is 18.7. The summed E-state index contributed by atoms with van der Waals surface area (Å²) in [4.78, 5) is 10.3. The van der Waals surface area contributed by atoms with Crippen molar-refractivity contribution in [2.75, 3.05) is 20.1 Å². The van der Waals surface area contributed by atoms with Crippen LogP contribution >= 0.6 is 35.3 Å². The fourth-order valence-corrected chi connectivity index (χ4v) is 5.06. The molecule has 0 aliphatic heterocycles. The second-order valence-corrected chi connectivity index (χ2v) is 8.42. The Morgan fingerprint density at radius 3 is 2.81 bits per heavy atom. The van der Waals surface area contributed by atoms with E-state index in [0.29, 0.717) is 0 Å². The molecule has 0 saturated heterocycles. The second-order valence-electron chi connectivity index (χ2n) is 7.14. The van der Waals surface area contributed by atoms with Crippen LogP contribution in [0.3, 0.4) is 0 Å². The van der Waals surface area contributed by atoms with Crippen LogP contribution in [-0.2, 0) is 12.8 Å². The van der Waals surface area contributed by atoms with Crippen LogP contribution in [0.5, 0.6) is 0 Å². The van der Waals surface area contributed by atoms with Gasteiger partial charge in [-0.1, -0.05) is 24.3 Å². The number of thiazole rings is 1. The highest BCUT2D eigenvalue weighted by molar-refractivity contribution is 14.0. The number of nitrogens with one attached hydrogen (secondary N) is 2. The molecule has 1 aromatic carbocycles. The number of nitrogens with zero attached hydrogens (tertiary/aromatic N) is 2. The minimum atomic E-state index is 0. The molecule has 6 heteroatoms. The van der Waals surface area contributed by atoms with Crippen molar-refractivity contribution in [3.05, 3.63) is 51.0 Å². The van der Waals surface area contributed by atoms with Crippen LogP contribution < -0.4 is 10.6 Å². The van der Waals surface area contributed by atoms with Crippen LogP contribution in [0.15, 0.2) is 29.3 Å². The van der Waals surface area contributed by atoms with Gasteiger partial charge >= 0.3 is 0 Å². The van der Waals surface area contributed by atoms with Gasteiger partial charge in [0.1, 0.15) is 0 Å². The summed E-state index contributed by atoms with van der Waals surface area (Å²) in [6.45, 7) is 6.09. The van der Waals surface area contributed by atoms with Gasteiger partial charge < -0.3 is 10.6 Å². The zero-order chi connectivity index (χ0) is 17.4. The molecule has 1 fully saturated rings. The van der Waals surface area contributed by atoms with Crippen LogP contribution in [0.25, 0.3) is 0 Å². The molecule has 2 aliphatic carbocycles. The maximum absolute atomic E-state index is 4.60. The number of guanidine groups is 1. The Morgan fingerprint density at radius 2 is 2.08 bits per heavy atom. The Morgan fingerprint density at radius 1 is 1.27 bits per heavy atom. The molecule has 1 saturated carbocycles. The SMILES string of the molecule is CN=C(NCCc1nc(C)c(C)s1)NCC1C2Cc3ccccc3C12.I. The number of benzene rings is 1. The normalized spacial score (nSPS) is 23.0. The van der Waals surface area contributed by atoms with Crippen molar-refractivity contribution in [1.82, 2.24) is 15.6 Å². The summed E-state index contributed by atoms with van der Waals surface area (Å²) in [6.07, 6.45) is 2.20. The number of halogens is 1. The molecule has 0 spiro atoms. The molecule has 0 radical (unpaired) electrons. The first-order valence-electron chi connectivity index (χ1n) is 9.12. The van der Waals surface area contributed by atoms with Crippen molar-refractivity contribution in [3.8, 4) is 0 Å². The smallest absolute Gasteiger partial charge is 0.190 e. The van der Waals surface area contributed by atoms with Crippen molar-refractivity contribution in [3.63, 3.8) is 0 Å². The maximum atomic E-state index is 4.60. The molecule has 2 N–H and O–H groups in total. The highest BCUT2D eigenvalue weighted by atomic mass is 127. The minimum absolute atomic E-state index is 0. The molecule has 3 atom stereocenters. The third-order valence-corrected chi connectivity index (χ3v) is 6.77. The topological polar surface area (TPSA) is 49.3 Å². The number of hydrogen-bond acceptors (Lipinski definition) is 3. The molecule has 3 unspecified atom stereocenters. The Hall–Kier alpha value is -1.15. The summed E-state index contributed by atoms with van der Waals surface area (Å²) < 4.78 is 0. The van der Waals surface area contributed by atoms with Gasteiger partial charge in [-0.2, -0.15) is 0 Å². The van der Waals surface area contributed by atoms with Gasteiger partial charge in [-0.15, -0.1) is 35.3 Å². The Bertz CT molecular complexity index is 781. The molecular formula is C20H27IN4S. The van der Waals surface area contributed by atoms with Crippen molar-refractivity contribution in [2.24, 2.45) is 16.8 Å². The van der Waals surface area contributed by atoms with E-state index in [2.05, 4.69) is 58.7 Å². The van der Waals surface area contributed by atoms with E-state index in [0.717, 1.165) is 48.9 Å². The molecule has 1 heterocycles. The average Bonchev–Trinajstić information content (AvgIpc) is 2.98. The number of aromatic nitrogens is 1. The number of aryl methyl sites for hydroxylation is 2. The number of hydrogen-bond donors (Lipinski definition) is 2. The fraction of sp³-hybridized carbons (Fsp3) is 0.500. The average molecular weight is 482 g/mol. The third kappa shape index (κ3) is 3.91. The number of rotatable bonds is 5. The largest absolute Gasteiger partial charge is 0.356 e. The van der Waals surface area contributed by atoms with E-state index in [1.54, 1.807) is 22.5 Å². The van der Waals surface area contributed by atoms with E-state index in [4.69, 9.17) is 0 Å². The fourth-order valence-electron chi connectivity index (χ4n) is 4.13. The van der Waals surface area contributed by atoms with E-state index in [-0.39, 0.29) is 24.0 Å². The highest BCUT2D eigenvalue weighted by Crippen LogP contribution is 2.60. The quantitative estimate of drug-likeness (QED) is 0.389. The summed E-state index contributed by atoms with van der Waals surface area (Å²) in [5, 5.41) is 8.14. The van der Waals surface area contributed by atoms with Crippen LogP contribution in [0.2, 0.25) is 0 Å². The predicted octanol–water partition coefficient (Wildman–Crippen LogP) is 3.67. The lowest BCUT2D eigenvalue weighted by Gasteiger charge is -2.13. The van der Waals surface area contributed by atoms with Gasteiger partial charge in [-0.3, -0.25) is 4.99 Å². The van der Waals surface area contributed by atoms with Gasteiger partial charge in [-0.05, 0) is 49.1 Å². The van der Waals surface area contributed by atoms with Crippen LogP contribution in [-0.4, -0.2) is 31.1 Å². The summed E-state index contributed by atoms with van der Waals surface area (Å²) in [7, 11) is 1.84. The lowest BCUT2D eigenvalue weighted by molar-refractivity contribution is 0.653. The Kier molecular flexibility index (Phi) is 6.22. The molecule has 0 bridgehead atoms. The van der Waals surface area contributed by atoms with Gasteiger partial charge in [0.2, 0.25) is 0 Å². The van der Waals surface area contributed by atoms with Crippen molar-refractivity contribution >= 4 is 41.3 Å². The zero-order valence-electron chi connectivity index (χ0n) is 15.6. The number of fused-ring (bicyclic) bond motifs is 3. The molecule has 4 rings (SSSR count). The van der Waals surface area contributed by atoms with E-state index in [9.17, 15) is 0 Å². The molecule has 140 valence electrons. The van der Waals surface area contributed by atoms with Gasteiger partial charge in [0.25, 0.3) is 0 Å². The molecule has 4 nitrogen and oxygen atoms in total. The van der Waals surface area contributed by atoms with E-state index >= 15 is 0 Å². The summed E-state index contributed by atoms with van der Waals surface area (Å²) >= 11 is 1.80. The Labute approximate surface area is 176 Å². The second kappa shape index (κ2) is 8.25. The van der Waals surface area contributed by atoms with Crippen LogP contribution in [0.4, 0.5) is 0 Å². The maximum Gasteiger partial charge on any atom is 0.190 e. The van der Waals surface area contributed by atoms with Crippen LogP contribution in [0, 0.1) is 25.7 Å². The van der Waals surface area contributed by atoms with Gasteiger partial charge in [0.15, 0.2) is 5.96 Å². The summed E-state index contributed by atoms with van der Waals surface area (Å²) in [6, 6.07) is 8.93. The molecule has 2 aliphatic rings. The first-order valence-corrected chi connectivity index (χ1v) is 9.94. The van der Waals surface area contributed by atoms with Gasteiger partial charge in [-0.25, -0.2) is 4.98 Å². The Balaban J connectivity index is 0.00000196. The summed E-state index contributed by atoms with van der Waals surface area (Å²) in [5.41, 5.74) is 4.30. The van der Waals surface area contributed by atoms with Crippen molar-refractivity contribution < 1.29 is 0 Å². The predicted molar refractivity (Wildman–Crippen MR) is 120 cm³/mol.